The number of anilines is 1. The molecule has 2 rings (SSSR count). The number of aromatic amines is 1. The van der Waals surface area contributed by atoms with E-state index in [-0.39, 0.29) is 5.82 Å². The minimum atomic E-state index is -1.45. The third-order valence-corrected chi connectivity index (χ3v) is 3.02. The van der Waals surface area contributed by atoms with Gasteiger partial charge in [0.15, 0.2) is 6.23 Å². The second-order valence-corrected chi connectivity index (χ2v) is 4.65. The van der Waals surface area contributed by atoms with Gasteiger partial charge in [-0.15, -0.1) is 5.10 Å². The van der Waals surface area contributed by atoms with Crippen LogP contribution in [0.5, 0.6) is 0 Å². The molecule has 4 unspecified atom stereocenters. The topological polar surface area (TPSA) is 141 Å². The summed E-state index contributed by atoms with van der Waals surface area (Å²) in [7, 11) is 3.12. The number of rotatable bonds is 3. The molecule has 4 N–H and O–H groups in total. The van der Waals surface area contributed by atoms with E-state index >= 15 is 0 Å². The molecule has 1 saturated heterocycles. The predicted molar refractivity (Wildman–Crippen MR) is 66.5 cm³/mol. The van der Waals surface area contributed by atoms with Crippen molar-refractivity contribution in [3.05, 3.63) is 20.8 Å². The standard InChI is InChI=1S/C10H16N4O6/c1-13(2)7-8(18)11-10(19)14(12-7)9-6(17)5(16)4(3-15)20-9/h4-6,9,15-17H,3H2,1-2H3,(H,11,18,19). The van der Waals surface area contributed by atoms with Crippen LogP contribution in [0.25, 0.3) is 0 Å². The summed E-state index contributed by atoms with van der Waals surface area (Å²) in [6.07, 6.45) is -5.12. The highest BCUT2D eigenvalue weighted by atomic mass is 16.6. The van der Waals surface area contributed by atoms with E-state index in [0.717, 1.165) is 4.68 Å². The first-order valence-electron chi connectivity index (χ1n) is 5.89. The Balaban J connectivity index is 2.46. The molecule has 0 radical (unpaired) electrons. The van der Waals surface area contributed by atoms with Gasteiger partial charge in [-0.3, -0.25) is 9.78 Å². The maximum Gasteiger partial charge on any atom is 0.347 e. The third kappa shape index (κ3) is 2.33. The van der Waals surface area contributed by atoms with Gasteiger partial charge in [0.2, 0.25) is 5.82 Å². The fraction of sp³-hybridized carbons (Fsp3) is 0.700. The molecule has 1 aromatic rings. The quantitative estimate of drug-likeness (QED) is 0.451. The lowest BCUT2D eigenvalue weighted by Gasteiger charge is -2.18. The number of H-pyrrole nitrogens is 1. The first-order valence-corrected chi connectivity index (χ1v) is 5.89. The predicted octanol–water partition coefficient (Wildman–Crippen LogP) is -3.39. The maximum absolute atomic E-state index is 11.7. The van der Waals surface area contributed by atoms with E-state index in [0.29, 0.717) is 0 Å². The molecule has 0 aromatic carbocycles. The lowest BCUT2D eigenvalue weighted by molar-refractivity contribution is -0.0616. The normalized spacial score (nSPS) is 29.6. The molecule has 1 fully saturated rings. The molecule has 0 aliphatic carbocycles. The maximum atomic E-state index is 11.7. The van der Waals surface area contributed by atoms with Crippen molar-refractivity contribution < 1.29 is 20.1 Å². The minimum absolute atomic E-state index is 0.0534. The highest BCUT2D eigenvalue weighted by molar-refractivity contribution is 5.31. The number of nitrogens with one attached hydrogen (secondary N) is 1. The molecular formula is C10H16N4O6. The number of hydrogen-bond acceptors (Lipinski definition) is 8. The van der Waals surface area contributed by atoms with E-state index in [1.54, 1.807) is 14.1 Å². The van der Waals surface area contributed by atoms with Gasteiger partial charge in [-0.1, -0.05) is 0 Å². The summed E-state index contributed by atoms with van der Waals surface area (Å²) in [4.78, 5) is 26.7. The van der Waals surface area contributed by atoms with Crippen molar-refractivity contribution in [2.75, 3.05) is 25.6 Å². The number of nitrogens with zero attached hydrogens (tertiary/aromatic N) is 3. The Morgan fingerprint density at radius 2 is 2.00 bits per heavy atom. The minimum Gasteiger partial charge on any atom is -0.394 e. The molecule has 1 aromatic heterocycles. The highest BCUT2D eigenvalue weighted by Crippen LogP contribution is 2.27. The third-order valence-electron chi connectivity index (χ3n) is 3.02. The Hall–Kier alpha value is -1.75. The van der Waals surface area contributed by atoms with Crippen molar-refractivity contribution >= 4 is 5.82 Å². The molecule has 0 saturated carbocycles. The average Bonchev–Trinajstić information content (AvgIpc) is 2.66. The van der Waals surface area contributed by atoms with Gasteiger partial charge in [-0.25, -0.2) is 4.79 Å². The first-order chi connectivity index (χ1) is 9.36. The van der Waals surface area contributed by atoms with Gasteiger partial charge in [0.25, 0.3) is 5.56 Å². The highest BCUT2D eigenvalue weighted by Gasteiger charge is 2.44. The van der Waals surface area contributed by atoms with Gasteiger partial charge >= 0.3 is 5.69 Å². The lowest BCUT2D eigenvalue weighted by atomic mass is 10.1. The zero-order valence-electron chi connectivity index (χ0n) is 10.9. The van der Waals surface area contributed by atoms with Gasteiger partial charge in [-0.05, 0) is 0 Å². The summed E-state index contributed by atoms with van der Waals surface area (Å²) >= 11 is 0. The number of aliphatic hydroxyl groups excluding tert-OH is 3. The van der Waals surface area contributed by atoms with E-state index in [9.17, 15) is 19.8 Å². The Morgan fingerprint density at radius 3 is 2.50 bits per heavy atom. The van der Waals surface area contributed by atoms with Crippen molar-refractivity contribution in [2.45, 2.75) is 24.5 Å². The van der Waals surface area contributed by atoms with E-state index in [1.807, 2.05) is 4.98 Å². The first kappa shape index (κ1) is 14.7. The van der Waals surface area contributed by atoms with Gasteiger partial charge in [0, 0.05) is 14.1 Å². The molecule has 4 atom stereocenters. The Kier molecular flexibility index (Phi) is 3.90. The molecular weight excluding hydrogens is 272 g/mol. The van der Waals surface area contributed by atoms with Crippen LogP contribution in [0.2, 0.25) is 0 Å². The van der Waals surface area contributed by atoms with Crippen LogP contribution in [0, 0.1) is 0 Å². The molecule has 1 aliphatic heterocycles. The number of aromatic nitrogens is 3. The van der Waals surface area contributed by atoms with Crippen LogP contribution in [0.3, 0.4) is 0 Å². The summed E-state index contributed by atoms with van der Waals surface area (Å²) in [5.74, 6) is -0.0534. The Labute approximate surface area is 112 Å². The summed E-state index contributed by atoms with van der Waals surface area (Å²) < 4.78 is 5.92. The molecule has 20 heavy (non-hydrogen) atoms. The molecule has 2 heterocycles. The molecule has 0 amide bonds. The molecule has 112 valence electrons. The number of ether oxygens (including phenoxy) is 1. The lowest BCUT2D eigenvalue weighted by Crippen LogP contribution is -2.41. The monoisotopic (exact) mass is 288 g/mol. The zero-order chi connectivity index (χ0) is 15.0. The van der Waals surface area contributed by atoms with E-state index < -0.39 is 42.4 Å². The van der Waals surface area contributed by atoms with Crippen LogP contribution in [0.4, 0.5) is 5.82 Å². The summed E-state index contributed by atoms with van der Waals surface area (Å²) in [5, 5.41) is 32.3. The Bertz CT molecular complexity index is 596. The Morgan fingerprint density at radius 1 is 1.35 bits per heavy atom. The van der Waals surface area contributed by atoms with Crippen molar-refractivity contribution in [3.63, 3.8) is 0 Å². The number of hydrogen-bond donors (Lipinski definition) is 4. The van der Waals surface area contributed by atoms with Crippen molar-refractivity contribution in [1.82, 2.24) is 14.8 Å². The second kappa shape index (κ2) is 5.32. The largest absolute Gasteiger partial charge is 0.394 e. The van der Waals surface area contributed by atoms with E-state index in [1.165, 1.54) is 4.90 Å². The fourth-order valence-electron chi connectivity index (χ4n) is 1.95. The number of aliphatic hydroxyl groups is 3. The smallest absolute Gasteiger partial charge is 0.347 e. The van der Waals surface area contributed by atoms with Crippen molar-refractivity contribution in [1.29, 1.82) is 0 Å². The van der Waals surface area contributed by atoms with Crippen molar-refractivity contribution in [2.24, 2.45) is 0 Å². The van der Waals surface area contributed by atoms with Crippen LogP contribution in [0.1, 0.15) is 6.23 Å². The van der Waals surface area contributed by atoms with Crippen molar-refractivity contribution in [3.8, 4) is 0 Å². The summed E-state index contributed by atoms with van der Waals surface area (Å²) in [5.41, 5.74) is -1.56. The van der Waals surface area contributed by atoms with E-state index in [2.05, 4.69) is 5.10 Å². The molecule has 10 heteroatoms. The fourth-order valence-corrected chi connectivity index (χ4v) is 1.95. The van der Waals surface area contributed by atoms with E-state index in [4.69, 9.17) is 9.84 Å². The van der Waals surface area contributed by atoms with Gasteiger partial charge in [-0.2, -0.15) is 4.68 Å². The molecule has 0 bridgehead atoms. The van der Waals surface area contributed by atoms with Crippen LogP contribution < -0.4 is 16.1 Å². The van der Waals surface area contributed by atoms with Gasteiger partial charge < -0.3 is 25.0 Å². The van der Waals surface area contributed by atoms with Gasteiger partial charge in [0.05, 0.1) is 6.61 Å². The van der Waals surface area contributed by atoms with Crippen LogP contribution in [0.15, 0.2) is 9.59 Å². The van der Waals surface area contributed by atoms with Crippen LogP contribution >= 0.6 is 0 Å². The zero-order valence-corrected chi connectivity index (χ0v) is 10.9. The molecule has 0 spiro atoms. The molecule has 1 aliphatic rings. The van der Waals surface area contributed by atoms with Gasteiger partial charge in [0.1, 0.15) is 18.3 Å². The average molecular weight is 288 g/mol. The molecule has 10 nitrogen and oxygen atoms in total. The SMILES string of the molecule is CN(C)c1nn(C2OC(CO)C(O)C2O)c(=O)[nH]c1=O. The summed E-state index contributed by atoms with van der Waals surface area (Å²) in [6.45, 7) is -0.520. The van der Waals surface area contributed by atoms with Crippen LogP contribution in [-0.2, 0) is 4.74 Å². The summed E-state index contributed by atoms with van der Waals surface area (Å²) in [6, 6.07) is 0. The van der Waals surface area contributed by atoms with Crippen LogP contribution in [-0.4, -0.2) is 69.1 Å². The second-order valence-electron chi connectivity index (χ2n) is 4.65.